The van der Waals surface area contributed by atoms with E-state index in [1.807, 2.05) is 12.1 Å². The summed E-state index contributed by atoms with van der Waals surface area (Å²) in [6.45, 7) is 0. The second kappa shape index (κ2) is 11.1. The van der Waals surface area contributed by atoms with E-state index in [1.165, 1.54) is 23.5 Å². The second-order valence-corrected chi connectivity index (χ2v) is 8.40. The van der Waals surface area contributed by atoms with Crippen LogP contribution < -0.4 is 10.6 Å². The van der Waals surface area contributed by atoms with Crippen LogP contribution in [-0.2, 0) is 6.18 Å². The number of nitrogens with zero attached hydrogens (tertiary/aromatic N) is 2. The predicted molar refractivity (Wildman–Crippen MR) is 134 cm³/mol. The van der Waals surface area contributed by atoms with Crippen LogP contribution in [0.1, 0.15) is 47.2 Å². The van der Waals surface area contributed by atoms with Crippen molar-refractivity contribution in [2.24, 2.45) is 0 Å². The van der Waals surface area contributed by atoms with Gasteiger partial charge in [-0.25, -0.2) is 4.98 Å². The molecular weight excluding hydrogens is 489 g/mol. The number of alkyl halides is 3. The number of carbonyl (C=O) groups excluding carboxylic acids is 1. The van der Waals surface area contributed by atoms with Gasteiger partial charge in [0.2, 0.25) is 0 Å². The minimum Gasteiger partial charge on any atom is -0.382 e. The smallest absolute Gasteiger partial charge is 0.382 e. The Kier molecular flexibility index (Phi) is 9.05. The maximum absolute atomic E-state index is 13.2. The van der Waals surface area contributed by atoms with E-state index in [4.69, 9.17) is 5.26 Å². The molecule has 1 aliphatic rings. The van der Waals surface area contributed by atoms with Crippen LogP contribution in [0.15, 0.2) is 41.9 Å². The number of hydrogen-bond donors (Lipinski definition) is 2. The first-order valence-corrected chi connectivity index (χ1v) is 10.7. The number of thiazole rings is 1. The molecule has 4 rings (SSSR count). The number of aromatic nitrogens is 1. The van der Waals surface area contributed by atoms with E-state index in [0.717, 1.165) is 42.0 Å². The summed E-state index contributed by atoms with van der Waals surface area (Å²) in [7, 11) is 0. The summed E-state index contributed by atoms with van der Waals surface area (Å²) in [4.78, 5) is 16.9. The zero-order valence-electron chi connectivity index (χ0n) is 17.4. The molecule has 1 amide bonds. The third-order valence-electron chi connectivity index (χ3n) is 5.48. The van der Waals surface area contributed by atoms with E-state index in [-0.39, 0.29) is 50.5 Å². The Morgan fingerprint density at radius 3 is 2.45 bits per heavy atom. The monoisotopic (exact) mass is 512 g/mol. The number of rotatable bonds is 4. The summed E-state index contributed by atoms with van der Waals surface area (Å²) in [5, 5.41) is 15.1. The minimum atomic E-state index is -4.58. The fourth-order valence-corrected chi connectivity index (χ4v) is 4.71. The molecule has 33 heavy (non-hydrogen) atoms. The Hall–Kier alpha value is -2.42. The maximum atomic E-state index is 13.2. The highest BCUT2D eigenvalue weighted by Crippen LogP contribution is 2.34. The topological polar surface area (TPSA) is 77.8 Å². The quantitative estimate of drug-likeness (QED) is 0.479. The molecule has 1 fully saturated rings. The molecule has 0 saturated heterocycles. The van der Waals surface area contributed by atoms with Gasteiger partial charge in [0.15, 0.2) is 0 Å². The number of amides is 1. The average Bonchev–Trinajstić information content (AvgIpc) is 3.23. The molecule has 3 aromatic rings. The third-order valence-corrected chi connectivity index (χ3v) is 6.36. The number of benzene rings is 2. The summed E-state index contributed by atoms with van der Waals surface area (Å²) in [6.07, 6.45) is -1.69. The van der Waals surface area contributed by atoms with Gasteiger partial charge in [-0.1, -0.05) is 6.07 Å². The normalized spacial score (nSPS) is 17.9. The van der Waals surface area contributed by atoms with Gasteiger partial charge in [0.25, 0.3) is 5.91 Å². The van der Waals surface area contributed by atoms with Crippen molar-refractivity contribution in [1.82, 2.24) is 10.3 Å². The summed E-state index contributed by atoms with van der Waals surface area (Å²) < 4.78 is 40.3. The van der Waals surface area contributed by atoms with Crippen LogP contribution in [-0.4, -0.2) is 23.0 Å². The first-order valence-electron chi connectivity index (χ1n) is 9.86. The van der Waals surface area contributed by atoms with E-state index in [2.05, 4.69) is 15.6 Å². The van der Waals surface area contributed by atoms with Crippen LogP contribution in [0.4, 0.5) is 18.9 Å². The molecule has 0 atom stereocenters. The van der Waals surface area contributed by atoms with E-state index in [0.29, 0.717) is 11.3 Å². The van der Waals surface area contributed by atoms with Crippen molar-refractivity contribution in [3.63, 3.8) is 0 Å². The van der Waals surface area contributed by atoms with Crippen molar-refractivity contribution in [3.8, 4) is 6.07 Å². The van der Waals surface area contributed by atoms with Crippen LogP contribution >= 0.6 is 38.3 Å². The Balaban J connectivity index is 0.00000193. The summed E-state index contributed by atoms with van der Waals surface area (Å²) >= 11 is 1.43. The predicted octanol–water partition coefficient (Wildman–Crippen LogP) is 5.57. The molecule has 11 heteroatoms. The molecular formula is C22H23F3N4OS3. The van der Waals surface area contributed by atoms with Crippen LogP contribution in [0.5, 0.6) is 0 Å². The lowest BCUT2D eigenvalue weighted by molar-refractivity contribution is -0.137. The summed E-state index contributed by atoms with van der Waals surface area (Å²) in [5.74, 6) is -0.131. The van der Waals surface area contributed by atoms with E-state index >= 15 is 0 Å². The van der Waals surface area contributed by atoms with Gasteiger partial charge in [-0.3, -0.25) is 4.79 Å². The SMILES string of the molecule is N#Cc1ccc(NC2CCC(NC(=O)c3cccc4ncsc34)CC2)cc1C(F)(F)F.S.S. The Morgan fingerprint density at radius 1 is 1.09 bits per heavy atom. The van der Waals surface area contributed by atoms with E-state index in [9.17, 15) is 18.0 Å². The Bertz CT molecular complexity index is 1150. The fourth-order valence-electron chi connectivity index (χ4n) is 3.91. The minimum absolute atomic E-state index is 0. The zero-order chi connectivity index (χ0) is 22.0. The molecule has 1 saturated carbocycles. The van der Waals surface area contributed by atoms with Crippen molar-refractivity contribution in [3.05, 3.63) is 58.6 Å². The number of fused-ring (bicyclic) bond motifs is 1. The van der Waals surface area contributed by atoms with Crippen molar-refractivity contribution >= 4 is 60.1 Å². The van der Waals surface area contributed by atoms with Gasteiger partial charge >= 0.3 is 6.18 Å². The van der Waals surface area contributed by atoms with Gasteiger partial charge in [0.05, 0.1) is 38.5 Å². The molecule has 5 nitrogen and oxygen atoms in total. The molecule has 0 bridgehead atoms. The summed E-state index contributed by atoms with van der Waals surface area (Å²) in [5.41, 5.74) is 2.14. The molecule has 2 N–H and O–H groups in total. The van der Waals surface area contributed by atoms with Crippen LogP contribution in [0.25, 0.3) is 10.2 Å². The number of nitrogens with one attached hydrogen (secondary N) is 2. The standard InChI is InChI=1S/C22H19F3N4OS.2H2S/c23-22(24,25)18-10-16(5-4-13(18)11-26)28-14-6-8-15(9-7-14)29-21(30)17-2-1-3-19-20(17)31-12-27-19;;/h1-5,10,12,14-15,28H,6-9H2,(H,29,30);2*1H2. The highest BCUT2D eigenvalue weighted by Gasteiger charge is 2.34. The van der Waals surface area contributed by atoms with Gasteiger partial charge in [0, 0.05) is 17.8 Å². The molecule has 0 unspecified atom stereocenters. The van der Waals surface area contributed by atoms with Crippen molar-refractivity contribution < 1.29 is 18.0 Å². The average molecular weight is 513 g/mol. The molecule has 176 valence electrons. The van der Waals surface area contributed by atoms with Gasteiger partial charge < -0.3 is 10.6 Å². The van der Waals surface area contributed by atoms with Gasteiger partial charge in [-0.05, 0) is 56.0 Å². The number of halogens is 3. The zero-order valence-corrected chi connectivity index (χ0v) is 20.2. The van der Waals surface area contributed by atoms with Crippen molar-refractivity contribution in [2.45, 2.75) is 43.9 Å². The maximum Gasteiger partial charge on any atom is 0.417 e. The Morgan fingerprint density at radius 2 is 1.79 bits per heavy atom. The molecule has 1 heterocycles. The first-order chi connectivity index (χ1) is 14.8. The van der Waals surface area contributed by atoms with Crippen LogP contribution in [0.2, 0.25) is 0 Å². The molecule has 2 aromatic carbocycles. The van der Waals surface area contributed by atoms with Crippen LogP contribution in [0.3, 0.4) is 0 Å². The lowest BCUT2D eigenvalue weighted by Crippen LogP contribution is -2.40. The molecule has 1 aromatic heterocycles. The molecule has 0 aliphatic heterocycles. The summed E-state index contributed by atoms with van der Waals surface area (Å²) in [6, 6.07) is 10.7. The fraction of sp³-hybridized carbons (Fsp3) is 0.318. The third kappa shape index (κ3) is 6.13. The largest absolute Gasteiger partial charge is 0.417 e. The number of nitriles is 1. The van der Waals surface area contributed by atoms with Crippen LogP contribution in [0, 0.1) is 11.3 Å². The Labute approximate surface area is 207 Å². The van der Waals surface area contributed by atoms with E-state index in [1.54, 1.807) is 17.6 Å². The number of hydrogen-bond acceptors (Lipinski definition) is 5. The number of anilines is 1. The molecule has 1 aliphatic carbocycles. The number of carbonyl (C=O) groups is 1. The molecule has 0 radical (unpaired) electrons. The van der Waals surface area contributed by atoms with Crippen molar-refractivity contribution in [2.75, 3.05) is 5.32 Å². The van der Waals surface area contributed by atoms with Crippen molar-refractivity contribution in [1.29, 1.82) is 5.26 Å². The second-order valence-electron chi connectivity index (χ2n) is 7.54. The van der Waals surface area contributed by atoms with Gasteiger partial charge in [0.1, 0.15) is 0 Å². The van der Waals surface area contributed by atoms with E-state index < -0.39 is 11.7 Å². The molecule has 0 spiro atoms. The van der Waals surface area contributed by atoms with Gasteiger partial charge in [-0.15, -0.1) is 11.3 Å². The first kappa shape index (κ1) is 26.8. The lowest BCUT2D eigenvalue weighted by Gasteiger charge is -2.30. The lowest BCUT2D eigenvalue weighted by atomic mass is 9.90. The highest BCUT2D eigenvalue weighted by atomic mass is 32.1. The highest BCUT2D eigenvalue weighted by molar-refractivity contribution is 7.59. The van der Waals surface area contributed by atoms with Gasteiger partial charge in [-0.2, -0.15) is 45.4 Å².